The van der Waals surface area contributed by atoms with Gasteiger partial charge in [0.2, 0.25) is 0 Å². The zero-order valence-corrected chi connectivity index (χ0v) is 9.10. The van der Waals surface area contributed by atoms with Crippen molar-refractivity contribution < 1.29 is 5.11 Å². The van der Waals surface area contributed by atoms with Gasteiger partial charge in [0.05, 0.1) is 0 Å². The average molecular weight is 224 g/mol. The van der Waals surface area contributed by atoms with Gasteiger partial charge >= 0.3 is 0 Å². The number of hydrogen-bond acceptors (Lipinski definition) is 5. The van der Waals surface area contributed by atoms with E-state index in [1.165, 1.54) is 23.3 Å². The monoisotopic (exact) mass is 224 g/mol. The fourth-order valence-electron chi connectivity index (χ4n) is 0.967. The molecule has 2 rings (SSSR count). The summed E-state index contributed by atoms with van der Waals surface area (Å²) in [5.74, 6) is 1.06. The number of phenols is 1. The van der Waals surface area contributed by atoms with Crippen molar-refractivity contribution in [2.75, 3.05) is 0 Å². The van der Waals surface area contributed by atoms with Gasteiger partial charge in [-0.2, -0.15) is 4.37 Å². The Kier molecular flexibility index (Phi) is 2.69. The number of rotatable bonds is 2. The van der Waals surface area contributed by atoms with Crippen molar-refractivity contribution >= 4 is 23.3 Å². The largest absolute Gasteiger partial charge is 0.508 e. The Labute approximate surface area is 90.0 Å². The fourth-order valence-corrected chi connectivity index (χ4v) is 2.65. The van der Waals surface area contributed by atoms with Crippen molar-refractivity contribution in [1.29, 1.82) is 0 Å². The second-order valence-corrected chi connectivity index (χ2v) is 4.78. The molecule has 0 saturated heterocycles. The summed E-state index contributed by atoms with van der Waals surface area (Å²) in [6, 6.07) is 7.10. The third kappa shape index (κ3) is 2.24. The predicted molar refractivity (Wildman–Crippen MR) is 56.9 cm³/mol. The van der Waals surface area contributed by atoms with Gasteiger partial charge in [-0.05, 0) is 36.7 Å². The summed E-state index contributed by atoms with van der Waals surface area (Å²) in [7, 11) is 0. The Morgan fingerprint density at radius 3 is 2.93 bits per heavy atom. The smallest absolute Gasteiger partial charge is 0.174 e. The minimum atomic E-state index is 0.274. The lowest BCUT2D eigenvalue weighted by atomic mass is 10.3. The molecule has 0 fully saturated rings. The number of hydrogen-bond donors (Lipinski definition) is 1. The van der Waals surface area contributed by atoms with E-state index in [0.717, 1.165) is 15.1 Å². The lowest BCUT2D eigenvalue weighted by Gasteiger charge is -1.96. The van der Waals surface area contributed by atoms with E-state index in [1.54, 1.807) is 12.1 Å². The number of nitrogens with zero attached hydrogens (tertiary/aromatic N) is 2. The van der Waals surface area contributed by atoms with E-state index in [4.69, 9.17) is 0 Å². The van der Waals surface area contributed by atoms with Crippen LogP contribution in [0, 0.1) is 6.92 Å². The molecule has 72 valence electrons. The molecule has 0 saturated carbocycles. The summed E-state index contributed by atoms with van der Waals surface area (Å²) in [4.78, 5) is 5.20. The van der Waals surface area contributed by atoms with E-state index < -0.39 is 0 Å². The molecule has 3 nitrogen and oxygen atoms in total. The molecule has 0 aliphatic heterocycles. The van der Waals surface area contributed by atoms with Gasteiger partial charge in [-0.15, -0.1) is 0 Å². The summed E-state index contributed by atoms with van der Waals surface area (Å²) in [6.45, 7) is 1.86. The third-order valence-corrected chi connectivity index (χ3v) is 3.36. The topological polar surface area (TPSA) is 46.0 Å². The van der Waals surface area contributed by atoms with Crippen molar-refractivity contribution in [2.24, 2.45) is 0 Å². The van der Waals surface area contributed by atoms with Crippen LogP contribution in [0.2, 0.25) is 0 Å². The Morgan fingerprint density at radius 1 is 1.43 bits per heavy atom. The van der Waals surface area contributed by atoms with Crippen LogP contribution in [0.25, 0.3) is 0 Å². The van der Waals surface area contributed by atoms with Gasteiger partial charge < -0.3 is 5.11 Å². The van der Waals surface area contributed by atoms with Crippen molar-refractivity contribution in [3.05, 3.63) is 30.1 Å². The normalized spacial score (nSPS) is 10.4. The predicted octanol–water partition coefficient (Wildman–Crippen LogP) is 2.70. The molecule has 0 atom stereocenters. The molecular formula is C9H8N2OS2. The van der Waals surface area contributed by atoms with Crippen LogP contribution in [0.4, 0.5) is 0 Å². The van der Waals surface area contributed by atoms with Crippen LogP contribution in [0.1, 0.15) is 5.82 Å². The lowest BCUT2D eigenvalue weighted by molar-refractivity contribution is 0.474. The van der Waals surface area contributed by atoms with Crippen LogP contribution in [-0.2, 0) is 0 Å². The van der Waals surface area contributed by atoms with E-state index in [1.807, 2.05) is 19.1 Å². The molecule has 0 bridgehead atoms. The molecule has 0 aliphatic carbocycles. The summed E-state index contributed by atoms with van der Waals surface area (Å²) >= 11 is 2.88. The van der Waals surface area contributed by atoms with Gasteiger partial charge in [-0.25, -0.2) is 4.98 Å². The van der Waals surface area contributed by atoms with Crippen LogP contribution in [-0.4, -0.2) is 14.5 Å². The number of aromatic nitrogens is 2. The molecule has 1 heterocycles. The van der Waals surface area contributed by atoms with Gasteiger partial charge in [0.1, 0.15) is 11.6 Å². The first-order valence-corrected chi connectivity index (χ1v) is 5.60. The zero-order valence-electron chi connectivity index (χ0n) is 7.47. The van der Waals surface area contributed by atoms with Crippen LogP contribution in [0.3, 0.4) is 0 Å². The first-order valence-electron chi connectivity index (χ1n) is 4.01. The van der Waals surface area contributed by atoms with E-state index >= 15 is 0 Å². The second-order valence-electron chi connectivity index (χ2n) is 2.71. The second kappa shape index (κ2) is 3.98. The summed E-state index contributed by atoms with van der Waals surface area (Å²) in [5.41, 5.74) is 0. The van der Waals surface area contributed by atoms with Crippen molar-refractivity contribution in [3.63, 3.8) is 0 Å². The molecular weight excluding hydrogens is 216 g/mol. The highest BCUT2D eigenvalue weighted by Crippen LogP contribution is 2.30. The van der Waals surface area contributed by atoms with Gasteiger partial charge in [0.25, 0.3) is 0 Å². The van der Waals surface area contributed by atoms with Gasteiger partial charge in [-0.3, -0.25) is 0 Å². The van der Waals surface area contributed by atoms with E-state index in [-0.39, 0.29) is 5.75 Å². The average Bonchev–Trinajstić information content (AvgIpc) is 2.51. The Bertz CT molecular complexity index is 442. The molecule has 1 aromatic heterocycles. The molecule has 1 aromatic carbocycles. The molecule has 14 heavy (non-hydrogen) atoms. The molecule has 1 N–H and O–H groups in total. The molecule has 5 heteroatoms. The van der Waals surface area contributed by atoms with Crippen LogP contribution < -0.4 is 0 Å². The van der Waals surface area contributed by atoms with E-state index in [9.17, 15) is 5.11 Å². The SMILES string of the molecule is Cc1nsc(Sc2cccc(O)c2)n1. The Morgan fingerprint density at radius 2 is 2.29 bits per heavy atom. The fraction of sp³-hybridized carbons (Fsp3) is 0.111. The molecule has 0 radical (unpaired) electrons. The van der Waals surface area contributed by atoms with Crippen molar-refractivity contribution in [2.45, 2.75) is 16.2 Å². The number of aromatic hydroxyl groups is 1. The maximum Gasteiger partial charge on any atom is 0.174 e. The maximum atomic E-state index is 9.25. The zero-order chi connectivity index (χ0) is 9.97. The van der Waals surface area contributed by atoms with Crippen molar-refractivity contribution in [1.82, 2.24) is 9.36 Å². The molecule has 0 unspecified atom stereocenters. The summed E-state index contributed by atoms with van der Waals surface area (Å²) in [5, 5.41) is 9.25. The number of aryl methyl sites for hydroxylation is 1. The molecule has 0 amide bonds. The third-order valence-electron chi connectivity index (χ3n) is 1.53. The van der Waals surface area contributed by atoms with Crippen LogP contribution in [0.15, 0.2) is 33.5 Å². The highest BCUT2D eigenvalue weighted by Gasteiger charge is 2.02. The number of phenolic OH excluding ortho intramolecular Hbond substituents is 1. The van der Waals surface area contributed by atoms with Gasteiger partial charge in [0, 0.05) is 4.90 Å². The molecule has 0 spiro atoms. The van der Waals surface area contributed by atoms with E-state index in [2.05, 4.69) is 9.36 Å². The maximum absolute atomic E-state index is 9.25. The highest BCUT2D eigenvalue weighted by molar-refractivity contribution is 8.01. The first-order chi connectivity index (χ1) is 6.74. The standard InChI is InChI=1S/C9H8N2OS2/c1-6-10-9(14-11-6)13-8-4-2-3-7(12)5-8/h2-5,12H,1H3. The summed E-state index contributed by atoms with van der Waals surface area (Å²) in [6.07, 6.45) is 0. The Balaban J connectivity index is 2.18. The number of benzene rings is 1. The lowest BCUT2D eigenvalue weighted by Crippen LogP contribution is -1.74. The van der Waals surface area contributed by atoms with Crippen molar-refractivity contribution in [3.8, 4) is 5.75 Å². The van der Waals surface area contributed by atoms with Crippen LogP contribution in [0.5, 0.6) is 5.75 Å². The van der Waals surface area contributed by atoms with Gasteiger partial charge in [-0.1, -0.05) is 17.8 Å². The Hall–Kier alpha value is -1.07. The summed E-state index contributed by atoms with van der Waals surface area (Å²) < 4.78 is 4.98. The minimum absolute atomic E-state index is 0.274. The quantitative estimate of drug-likeness (QED) is 0.852. The first kappa shape index (κ1) is 9.48. The molecule has 0 aliphatic rings. The highest BCUT2D eigenvalue weighted by atomic mass is 32.2. The van der Waals surface area contributed by atoms with E-state index in [0.29, 0.717) is 0 Å². The van der Waals surface area contributed by atoms with Gasteiger partial charge in [0.15, 0.2) is 4.34 Å². The minimum Gasteiger partial charge on any atom is -0.508 e. The van der Waals surface area contributed by atoms with Crippen LogP contribution >= 0.6 is 23.3 Å². The molecule has 2 aromatic rings.